The van der Waals surface area contributed by atoms with Gasteiger partial charge in [0, 0.05) is 12.1 Å². The van der Waals surface area contributed by atoms with Crippen LogP contribution in [0.2, 0.25) is 0 Å². The molecule has 74 valence electrons. The molecule has 0 unspecified atom stereocenters. The monoisotopic (exact) mass is 208 g/mol. The Bertz CT molecular complexity index is 363. The van der Waals surface area contributed by atoms with Gasteiger partial charge in [0.05, 0.1) is 0 Å². The molecule has 0 atom stereocenters. The average Bonchev–Trinajstić information content (AvgIpc) is 2.24. The van der Waals surface area contributed by atoms with Crippen molar-refractivity contribution in [3.63, 3.8) is 0 Å². The maximum Gasteiger partial charge on any atom is 1.00 e. The number of aromatic amines is 1. The molecule has 0 saturated carbocycles. The number of hydrogen-bond acceptors (Lipinski definition) is 2. The Hall–Kier alpha value is -0.260. The third-order valence-corrected chi connectivity index (χ3v) is 1.84. The summed E-state index contributed by atoms with van der Waals surface area (Å²) < 4.78 is 2.88. The predicted molar refractivity (Wildman–Crippen MR) is 50.1 cm³/mol. The first-order valence-electron chi connectivity index (χ1n) is 4.38. The van der Waals surface area contributed by atoms with E-state index in [1.807, 2.05) is 27.7 Å². The molecule has 1 aromatic heterocycles. The molecular formula is C8H15N3NaO2+. The molecule has 0 aliphatic carbocycles. The zero-order chi connectivity index (χ0) is 10.2. The minimum absolute atomic E-state index is 0. The fourth-order valence-corrected chi connectivity index (χ4v) is 1.37. The molecule has 0 aliphatic heterocycles. The van der Waals surface area contributed by atoms with Crippen LogP contribution in [-0.2, 0) is 0 Å². The maximum absolute atomic E-state index is 11.3. The van der Waals surface area contributed by atoms with Gasteiger partial charge in [0.25, 0.3) is 0 Å². The van der Waals surface area contributed by atoms with E-state index in [1.165, 1.54) is 9.36 Å². The summed E-state index contributed by atoms with van der Waals surface area (Å²) >= 11 is 0. The second-order valence-electron chi connectivity index (χ2n) is 3.61. The first-order chi connectivity index (χ1) is 5.95. The number of aromatic nitrogens is 3. The van der Waals surface area contributed by atoms with Crippen molar-refractivity contribution in [1.82, 2.24) is 14.3 Å². The summed E-state index contributed by atoms with van der Waals surface area (Å²) in [5.74, 6) is 0. The van der Waals surface area contributed by atoms with Crippen LogP contribution >= 0.6 is 0 Å². The van der Waals surface area contributed by atoms with Gasteiger partial charge < -0.3 is 0 Å². The van der Waals surface area contributed by atoms with E-state index in [0.29, 0.717) is 0 Å². The molecular weight excluding hydrogens is 193 g/mol. The van der Waals surface area contributed by atoms with Crippen LogP contribution in [0.5, 0.6) is 0 Å². The van der Waals surface area contributed by atoms with E-state index in [1.54, 1.807) is 0 Å². The van der Waals surface area contributed by atoms with E-state index in [0.717, 1.165) is 0 Å². The molecule has 0 radical (unpaired) electrons. The molecule has 1 N–H and O–H groups in total. The summed E-state index contributed by atoms with van der Waals surface area (Å²) in [7, 11) is 0. The standard InChI is InChI=1S/C8H15N3O2.Na/c1-5(2)10-7(12)9-8(13)11(10)6(3)4;/h5-6H,1-4H3,(H,9,12,13);/q;+1. The van der Waals surface area contributed by atoms with Gasteiger partial charge in [-0.1, -0.05) is 0 Å². The van der Waals surface area contributed by atoms with E-state index in [2.05, 4.69) is 4.98 Å². The summed E-state index contributed by atoms with van der Waals surface area (Å²) in [6, 6.07) is -0.0114. The van der Waals surface area contributed by atoms with Crippen molar-refractivity contribution in [3.05, 3.63) is 21.0 Å². The Morgan fingerprint density at radius 2 is 1.21 bits per heavy atom. The molecule has 0 aromatic carbocycles. The van der Waals surface area contributed by atoms with E-state index < -0.39 is 0 Å². The van der Waals surface area contributed by atoms with Gasteiger partial charge in [-0.25, -0.2) is 19.0 Å². The number of nitrogens with zero attached hydrogens (tertiary/aromatic N) is 2. The van der Waals surface area contributed by atoms with Gasteiger partial charge in [-0.15, -0.1) is 0 Å². The molecule has 0 bridgehead atoms. The van der Waals surface area contributed by atoms with Crippen LogP contribution in [0.1, 0.15) is 39.8 Å². The van der Waals surface area contributed by atoms with Crippen molar-refractivity contribution >= 4 is 0 Å². The SMILES string of the molecule is CC(C)n1c(=O)[nH]c(=O)n1C(C)C.[Na+]. The van der Waals surface area contributed by atoms with Crippen LogP contribution in [0.25, 0.3) is 0 Å². The second-order valence-corrected chi connectivity index (χ2v) is 3.61. The summed E-state index contributed by atoms with van der Waals surface area (Å²) in [4.78, 5) is 24.8. The minimum Gasteiger partial charge on any atom is -0.257 e. The van der Waals surface area contributed by atoms with Crippen LogP contribution in [-0.4, -0.2) is 14.3 Å². The Kier molecular flexibility index (Phi) is 4.91. The third-order valence-electron chi connectivity index (χ3n) is 1.84. The second kappa shape index (κ2) is 5.00. The molecule has 14 heavy (non-hydrogen) atoms. The van der Waals surface area contributed by atoms with Crippen molar-refractivity contribution in [1.29, 1.82) is 0 Å². The Labute approximate surface area is 104 Å². The van der Waals surface area contributed by atoms with Gasteiger partial charge in [-0.05, 0) is 27.7 Å². The Morgan fingerprint density at radius 1 is 0.929 bits per heavy atom. The van der Waals surface area contributed by atoms with Gasteiger partial charge in [-0.3, -0.25) is 4.98 Å². The van der Waals surface area contributed by atoms with E-state index >= 15 is 0 Å². The molecule has 0 fully saturated rings. The number of nitrogens with one attached hydrogen (secondary N) is 1. The first-order valence-corrected chi connectivity index (χ1v) is 4.38. The first kappa shape index (κ1) is 13.7. The Balaban J connectivity index is 0.00000169. The summed E-state index contributed by atoms with van der Waals surface area (Å²) in [6.45, 7) is 7.47. The molecule has 1 heterocycles. The quantitative estimate of drug-likeness (QED) is 0.546. The zero-order valence-corrected chi connectivity index (χ0v) is 11.4. The Morgan fingerprint density at radius 3 is 1.43 bits per heavy atom. The van der Waals surface area contributed by atoms with Gasteiger partial charge in [-0.2, -0.15) is 0 Å². The van der Waals surface area contributed by atoms with Crippen molar-refractivity contribution in [3.8, 4) is 0 Å². The van der Waals surface area contributed by atoms with E-state index in [9.17, 15) is 9.59 Å². The predicted octanol–water partition coefficient (Wildman–Crippen LogP) is -2.50. The van der Waals surface area contributed by atoms with E-state index in [4.69, 9.17) is 0 Å². The van der Waals surface area contributed by atoms with Crippen LogP contribution in [0, 0.1) is 0 Å². The normalized spacial score (nSPS) is 10.7. The largest absolute Gasteiger partial charge is 1.00 e. The number of hydrogen-bond donors (Lipinski definition) is 1. The number of H-pyrrole nitrogens is 1. The molecule has 6 heteroatoms. The number of rotatable bonds is 2. The smallest absolute Gasteiger partial charge is 0.257 e. The van der Waals surface area contributed by atoms with Gasteiger partial charge in [0.2, 0.25) is 0 Å². The molecule has 1 rings (SSSR count). The van der Waals surface area contributed by atoms with Crippen LogP contribution in [0.3, 0.4) is 0 Å². The molecule has 0 aliphatic rings. The molecule has 0 saturated heterocycles. The zero-order valence-electron chi connectivity index (χ0n) is 9.37. The third kappa shape index (κ3) is 2.40. The van der Waals surface area contributed by atoms with Crippen molar-refractivity contribution in [2.24, 2.45) is 0 Å². The fourth-order valence-electron chi connectivity index (χ4n) is 1.37. The van der Waals surface area contributed by atoms with Gasteiger partial charge >= 0.3 is 40.9 Å². The van der Waals surface area contributed by atoms with Gasteiger partial charge in [0.15, 0.2) is 0 Å². The van der Waals surface area contributed by atoms with E-state index in [-0.39, 0.29) is 53.0 Å². The molecule has 5 nitrogen and oxygen atoms in total. The molecule has 1 aromatic rings. The van der Waals surface area contributed by atoms with Crippen LogP contribution in [0.15, 0.2) is 9.59 Å². The van der Waals surface area contributed by atoms with Crippen LogP contribution in [0.4, 0.5) is 0 Å². The molecule has 0 spiro atoms. The van der Waals surface area contributed by atoms with Gasteiger partial charge in [0.1, 0.15) is 0 Å². The van der Waals surface area contributed by atoms with Crippen molar-refractivity contribution in [2.75, 3.05) is 0 Å². The summed E-state index contributed by atoms with van der Waals surface area (Å²) in [5, 5.41) is 0. The van der Waals surface area contributed by atoms with Crippen molar-refractivity contribution in [2.45, 2.75) is 39.8 Å². The fraction of sp³-hybridized carbons (Fsp3) is 0.750. The van der Waals surface area contributed by atoms with Crippen molar-refractivity contribution < 1.29 is 29.6 Å². The minimum atomic E-state index is -0.339. The maximum atomic E-state index is 11.3. The average molecular weight is 208 g/mol. The molecule has 0 amide bonds. The topological polar surface area (TPSA) is 59.8 Å². The van der Waals surface area contributed by atoms with Crippen LogP contribution < -0.4 is 40.9 Å². The summed E-state index contributed by atoms with van der Waals surface area (Å²) in [5.41, 5.74) is -0.678. The summed E-state index contributed by atoms with van der Waals surface area (Å²) in [6.07, 6.45) is 0.